The molecule has 5 rings (SSSR count). The van der Waals surface area contributed by atoms with Crippen molar-refractivity contribution in [1.29, 1.82) is 0 Å². The first-order valence-corrected chi connectivity index (χ1v) is 9.97. The van der Waals surface area contributed by atoms with Crippen molar-refractivity contribution in [1.82, 2.24) is 14.8 Å². The summed E-state index contributed by atoms with van der Waals surface area (Å²) in [6.07, 6.45) is 6.16. The summed E-state index contributed by atoms with van der Waals surface area (Å²) in [5, 5.41) is 2.96. The van der Waals surface area contributed by atoms with Gasteiger partial charge < -0.3 is 9.80 Å². The fraction of sp³-hybridized carbons (Fsp3) is 0.722. The number of hydrogen-bond acceptors (Lipinski definition) is 4. The van der Waals surface area contributed by atoms with Gasteiger partial charge in [-0.15, -0.1) is 11.3 Å². The van der Waals surface area contributed by atoms with Gasteiger partial charge in [-0.05, 0) is 38.5 Å². The molecular weight excluding hydrogens is 322 g/mol. The molecule has 24 heavy (non-hydrogen) atoms. The summed E-state index contributed by atoms with van der Waals surface area (Å²) < 4.78 is 0. The van der Waals surface area contributed by atoms with Crippen molar-refractivity contribution in [2.45, 2.75) is 51.5 Å². The molecular formula is C18H25N3O2S. The van der Waals surface area contributed by atoms with E-state index in [0.29, 0.717) is 25.4 Å². The SMILES string of the molecule is Cc1nc(CC(=O)N2CC3CCC(C2)N(CC2CCC2)C3=O)cs1. The number of carbonyl (C=O) groups is 2. The first kappa shape index (κ1) is 16.1. The van der Waals surface area contributed by atoms with Gasteiger partial charge in [0.1, 0.15) is 0 Å². The molecule has 1 aromatic heterocycles. The summed E-state index contributed by atoms with van der Waals surface area (Å²) in [4.78, 5) is 33.9. The molecule has 3 aliphatic heterocycles. The van der Waals surface area contributed by atoms with Crippen LogP contribution in [-0.4, -0.2) is 52.3 Å². The number of nitrogens with zero attached hydrogens (tertiary/aromatic N) is 3. The maximum atomic E-state index is 12.8. The second-order valence-electron chi connectivity index (χ2n) is 7.55. The molecule has 2 bridgehead atoms. The van der Waals surface area contributed by atoms with Gasteiger partial charge in [0.15, 0.2) is 0 Å². The van der Waals surface area contributed by atoms with Gasteiger partial charge in [0, 0.05) is 31.1 Å². The van der Waals surface area contributed by atoms with Gasteiger partial charge in [0.2, 0.25) is 11.8 Å². The molecule has 1 aliphatic carbocycles. The van der Waals surface area contributed by atoms with Gasteiger partial charge in [-0.2, -0.15) is 0 Å². The minimum absolute atomic E-state index is 0.00458. The zero-order chi connectivity index (χ0) is 16.7. The molecule has 130 valence electrons. The van der Waals surface area contributed by atoms with Gasteiger partial charge in [0.25, 0.3) is 0 Å². The Bertz CT molecular complexity index is 640. The Morgan fingerprint density at radius 3 is 2.79 bits per heavy atom. The van der Waals surface area contributed by atoms with E-state index in [2.05, 4.69) is 9.88 Å². The molecule has 4 fully saturated rings. The van der Waals surface area contributed by atoms with Crippen LogP contribution in [0.5, 0.6) is 0 Å². The van der Waals surface area contributed by atoms with Crippen molar-refractivity contribution in [3.05, 3.63) is 16.1 Å². The molecule has 4 aliphatic rings. The number of hydrogen-bond donors (Lipinski definition) is 0. The minimum Gasteiger partial charge on any atom is -0.339 e. The molecule has 0 N–H and O–H groups in total. The number of carbonyl (C=O) groups excluding carboxylic acids is 2. The average molecular weight is 347 g/mol. The van der Waals surface area contributed by atoms with Crippen LogP contribution in [0.2, 0.25) is 0 Å². The molecule has 5 nitrogen and oxygen atoms in total. The summed E-state index contributed by atoms with van der Waals surface area (Å²) >= 11 is 1.58. The summed E-state index contributed by atoms with van der Waals surface area (Å²) in [7, 11) is 0. The predicted octanol–water partition coefficient (Wildman–Crippen LogP) is 2.24. The Balaban J connectivity index is 1.44. The summed E-state index contributed by atoms with van der Waals surface area (Å²) in [6.45, 7) is 4.17. The van der Waals surface area contributed by atoms with Crippen LogP contribution >= 0.6 is 11.3 Å². The number of amides is 2. The Morgan fingerprint density at radius 2 is 2.12 bits per heavy atom. The molecule has 0 radical (unpaired) electrons. The lowest BCUT2D eigenvalue weighted by molar-refractivity contribution is -0.141. The highest BCUT2D eigenvalue weighted by Crippen LogP contribution is 2.34. The molecule has 2 atom stereocenters. The summed E-state index contributed by atoms with van der Waals surface area (Å²) in [5.74, 6) is 1.11. The lowest BCUT2D eigenvalue weighted by Crippen LogP contribution is -2.50. The fourth-order valence-corrected chi connectivity index (χ4v) is 4.81. The van der Waals surface area contributed by atoms with E-state index >= 15 is 0 Å². The van der Waals surface area contributed by atoms with Gasteiger partial charge >= 0.3 is 0 Å². The Morgan fingerprint density at radius 1 is 1.29 bits per heavy atom. The fourth-order valence-electron chi connectivity index (χ4n) is 4.19. The number of piperidine rings is 1. The van der Waals surface area contributed by atoms with Crippen LogP contribution < -0.4 is 0 Å². The number of rotatable bonds is 4. The Hall–Kier alpha value is -1.43. The van der Waals surface area contributed by atoms with Crippen LogP contribution in [0.25, 0.3) is 0 Å². The Labute approximate surface area is 147 Å². The molecule has 1 aromatic rings. The zero-order valence-electron chi connectivity index (χ0n) is 14.2. The highest BCUT2D eigenvalue weighted by Gasteiger charge is 2.42. The first-order chi connectivity index (χ1) is 11.6. The van der Waals surface area contributed by atoms with Crippen molar-refractivity contribution >= 4 is 23.2 Å². The van der Waals surface area contributed by atoms with Crippen LogP contribution in [0.3, 0.4) is 0 Å². The second kappa shape index (κ2) is 6.47. The first-order valence-electron chi connectivity index (χ1n) is 9.09. The molecule has 2 unspecified atom stereocenters. The predicted molar refractivity (Wildman–Crippen MR) is 92.7 cm³/mol. The third-order valence-corrected chi connectivity index (χ3v) is 6.65. The summed E-state index contributed by atoms with van der Waals surface area (Å²) in [5.41, 5.74) is 0.858. The van der Waals surface area contributed by atoms with Crippen molar-refractivity contribution in [2.24, 2.45) is 11.8 Å². The number of thiazole rings is 1. The van der Waals surface area contributed by atoms with Crippen LogP contribution in [0.4, 0.5) is 0 Å². The molecule has 3 saturated heterocycles. The van der Waals surface area contributed by atoms with Crippen molar-refractivity contribution in [3.8, 4) is 0 Å². The van der Waals surface area contributed by atoms with E-state index in [0.717, 1.165) is 30.1 Å². The van der Waals surface area contributed by atoms with Crippen LogP contribution in [-0.2, 0) is 16.0 Å². The van der Waals surface area contributed by atoms with Crippen molar-refractivity contribution < 1.29 is 9.59 Å². The van der Waals surface area contributed by atoms with E-state index in [1.165, 1.54) is 19.3 Å². The maximum absolute atomic E-state index is 12.8. The highest BCUT2D eigenvalue weighted by atomic mass is 32.1. The molecule has 4 heterocycles. The standard InChI is InChI=1S/C18H25N3O2S/c1-12-19-15(11-24-12)7-17(22)20-9-14-5-6-16(10-20)21(18(14)23)8-13-3-2-4-13/h11,13-14,16H,2-10H2,1H3. The van der Waals surface area contributed by atoms with Crippen LogP contribution in [0.1, 0.15) is 42.8 Å². The Kier molecular flexibility index (Phi) is 4.33. The third-order valence-electron chi connectivity index (χ3n) is 5.82. The van der Waals surface area contributed by atoms with E-state index in [-0.39, 0.29) is 23.8 Å². The lowest BCUT2D eigenvalue weighted by atomic mass is 9.83. The summed E-state index contributed by atoms with van der Waals surface area (Å²) in [6, 6.07) is 0.220. The van der Waals surface area contributed by atoms with Crippen molar-refractivity contribution in [2.75, 3.05) is 19.6 Å². The zero-order valence-corrected chi connectivity index (χ0v) is 15.1. The number of fused-ring (bicyclic) bond motifs is 4. The molecule has 2 amide bonds. The smallest absolute Gasteiger partial charge is 0.228 e. The monoisotopic (exact) mass is 347 g/mol. The third kappa shape index (κ3) is 3.08. The quantitative estimate of drug-likeness (QED) is 0.839. The number of aromatic nitrogens is 1. The van der Waals surface area contributed by atoms with E-state index in [1.807, 2.05) is 17.2 Å². The normalized spacial score (nSPS) is 27.3. The molecule has 0 spiro atoms. The average Bonchev–Trinajstić information content (AvgIpc) is 2.74. The lowest BCUT2D eigenvalue weighted by Gasteiger charge is -2.40. The van der Waals surface area contributed by atoms with Gasteiger partial charge in [0.05, 0.1) is 23.0 Å². The van der Waals surface area contributed by atoms with Gasteiger partial charge in [-0.3, -0.25) is 9.59 Å². The molecule has 1 saturated carbocycles. The van der Waals surface area contributed by atoms with E-state index in [4.69, 9.17) is 0 Å². The van der Waals surface area contributed by atoms with E-state index in [9.17, 15) is 9.59 Å². The topological polar surface area (TPSA) is 53.5 Å². The van der Waals surface area contributed by atoms with Crippen molar-refractivity contribution in [3.63, 3.8) is 0 Å². The largest absolute Gasteiger partial charge is 0.339 e. The van der Waals surface area contributed by atoms with Crippen LogP contribution in [0.15, 0.2) is 5.38 Å². The minimum atomic E-state index is 0.00458. The second-order valence-corrected chi connectivity index (χ2v) is 8.61. The van der Waals surface area contributed by atoms with Crippen LogP contribution in [0, 0.1) is 18.8 Å². The number of aryl methyl sites for hydroxylation is 1. The maximum Gasteiger partial charge on any atom is 0.228 e. The van der Waals surface area contributed by atoms with E-state index in [1.54, 1.807) is 11.3 Å². The van der Waals surface area contributed by atoms with E-state index < -0.39 is 0 Å². The molecule has 6 heteroatoms. The van der Waals surface area contributed by atoms with Gasteiger partial charge in [-0.1, -0.05) is 6.42 Å². The van der Waals surface area contributed by atoms with Gasteiger partial charge in [-0.25, -0.2) is 4.98 Å². The molecule has 0 aromatic carbocycles. The highest BCUT2D eigenvalue weighted by molar-refractivity contribution is 7.09.